The average molecular weight is 411 g/mol. The van der Waals surface area contributed by atoms with Crippen molar-refractivity contribution in [2.45, 2.75) is 70.4 Å². The van der Waals surface area contributed by atoms with Gasteiger partial charge in [-0.25, -0.2) is 4.98 Å². The Hall–Kier alpha value is -1.92. The van der Waals surface area contributed by atoms with Crippen molar-refractivity contribution < 1.29 is 24.5 Å². The lowest BCUT2D eigenvalue weighted by Crippen LogP contribution is -2.75. The normalized spacial score (nSPS) is 32.2. The number of aromatic nitrogens is 2. The van der Waals surface area contributed by atoms with Crippen LogP contribution in [0.2, 0.25) is 0 Å². The van der Waals surface area contributed by atoms with E-state index in [-0.39, 0.29) is 16.5 Å². The highest BCUT2D eigenvalue weighted by atomic mass is 32.1. The Balaban J connectivity index is 2.06. The van der Waals surface area contributed by atoms with Gasteiger partial charge in [-0.05, 0) is 6.42 Å². The molecule has 11 heteroatoms. The summed E-state index contributed by atoms with van der Waals surface area (Å²) >= 11 is 5.28. The number of hydrogen-bond acceptors (Lipinski definition) is 8. The lowest BCUT2D eigenvalue weighted by molar-refractivity contribution is -0.127. The Morgan fingerprint density at radius 3 is 2.64 bits per heavy atom. The van der Waals surface area contributed by atoms with E-state index in [0.717, 1.165) is 17.7 Å². The van der Waals surface area contributed by atoms with Crippen LogP contribution in [0.5, 0.6) is 0 Å². The first kappa shape index (κ1) is 20.8. The second-order valence-corrected chi connectivity index (χ2v) is 7.55. The fourth-order valence-electron chi connectivity index (χ4n) is 3.62. The Bertz CT molecular complexity index is 814. The summed E-state index contributed by atoms with van der Waals surface area (Å²) in [5.41, 5.74) is 6.43. The van der Waals surface area contributed by atoms with Crippen LogP contribution in [-0.4, -0.2) is 60.5 Å². The Morgan fingerprint density at radius 2 is 2.07 bits per heavy atom. The van der Waals surface area contributed by atoms with Crippen LogP contribution < -0.4 is 16.0 Å². The van der Waals surface area contributed by atoms with Crippen LogP contribution >= 0.6 is 12.2 Å². The lowest BCUT2D eigenvalue weighted by Gasteiger charge is -2.43. The third kappa shape index (κ3) is 3.12. The van der Waals surface area contributed by atoms with Crippen molar-refractivity contribution in [2.75, 3.05) is 4.90 Å². The minimum atomic E-state index is -1.89. The third-order valence-corrected chi connectivity index (χ3v) is 5.45. The van der Waals surface area contributed by atoms with Crippen molar-refractivity contribution in [3.8, 4) is 0 Å². The van der Waals surface area contributed by atoms with Gasteiger partial charge in [0.25, 0.3) is 0 Å². The maximum absolute atomic E-state index is 12.4. The summed E-state index contributed by atoms with van der Waals surface area (Å²) in [6.45, 7) is 4.51. The highest BCUT2D eigenvalue weighted by molar-refractivity contribution is 7.80. The van der Waals surface area contributed by atoms with E-state index in [1.165, 1.54) is 24.7 Å². The molecule has 1 fully saturated rings. The van der Waals surface area contributed by atoms with E-state index in [9.17, 15) is 19.8 Å². The van der Waals surface area contributed by atoms with Crippen LogP contribution in [0.4, 0.5) is 5.82 Å². The fourth-order valence-corrected chi connectivity index (χ4v) is 3.92. The predicted octanol–water partition coefficient (Wildman–Crippen LogP) is -0.474. The van der Waals surface area contributed by atoms with Crippen LogP contribution in [0.1, 0.15) is 52.0 Å². The summed E-state index contributed by atoms with van der Waals surface area (Å²) in [7, 11) is 0. The van der Waals surface area contributed by atoms with Gasteiger partial charge in [0.1, 0.15) is 22.9 Å². The van der Waals surface area contributed by atoms with Crippen LogP contribution in [0.25, 0.3) is 0 Å². The summed E-state index contributed by atoms with van der Waals surface area (Å²) in [5, 5.41) is 23.6. The zero-order valence-corrected chi connectivity index (χ0v) is 16.8. The average Bonchev–Trinajstić information content (AvgIpc) is 3.16. The number of aliphatic hydroxyl groups is 2. The molecule has 0 aromatic carbocycles. The highest BCUT2D eigenvalue weighted by Crippen LogP contribution is 2.38. The number of nitrogens with one attached hydrogen (secondary N) is 1. The molecule has 3 unspecified atom stereocenters. The topological polar surface area (TPSA) is 143 Å². The summed E-state index contributed by atoms with van der Waals surface area (Å²) in [5.74, 6) is -2.80. The molecule has 1 saturated heterocycles. The van der Waals surface area contributed by atoms with Crippen LogP contribution in [0.15, 0.2) is 6.33 Å². The predicted molar refractivity (Wildman–Crippen MR) is 103 cm³/mol. The van der Waals surface area contributed by atoms with Gasteiger partial charge in [0.15, 0.2) is 17.8 Å². The second-order valence-electron chi connectivity index (χ2n) is 7.14. The highest BCUT2D eigenvalue weighted by Gasteiger charge is 2.51. The first-order valence-electron chi connectivity index (χ1n) is 9.15. The molecule has 0 bridgehead atoms. The molecule has 3 heterocycles. The van der Waals surface area contributed by atoms with Crippen molar-refractivity contribution in [1.82, 2.24) is 14.9 Å². The van der Waals surface area contributed by atoms with Crippen molar-refractivity contribution in [3.63, 3.8) is 0 Å². The zero-order chi connectivity index (χ0) is 20.8. The Kier molecular flexibility index (Phi) is 5.56. The smallest absolute Gasteiger partial charge is 0.233 e. The number of rotatable bonds is 5. The molecule has 1 aromatic rings. The number of thiocarbonyl (C=S) groups is 1. The number of hydrogen-bond donors (Lipinski definition) is 4. The van der Waals surface area contributed by atoms with E-state index in [1.54, 1.807) is 0 Å². The standard InChI is InChI=1S/C17H25N5O5S/c1-4-5-6-10-12(25)13(26)16(27-10)21-7-19-11-14(28)20-17(18,8(2)23)22(9(3)24)15(11)21/h7,10,12-13,16,25-26H,4-6,18H2,1-3H3,(H,20,28)/t10-,12?,13?,16-,17?/m1/s1. The number of Topliss-reactive ketones (excluding diaryl/α,β-unsaturated/α-hetero) is 1. The molecule has 0 saturated carbocycles. The van der Waals surface area contributed by atoms with E-state index in [0.29, 0.717) is 6.42 Å². The Labute approximate surface area is 167 Å². The van der Waals surface area contributed by atoms with Crippen LogP contribution in [0, 0.1) is 0 Å². The van der Waals surface area contributed by atoms with E-state index >= 15 is 0 Å². The van der Waals surface area contributed by atoms with E-state index in [4.69, 9.17) is 22.7 Å². The van der Waals surface area contributed by atoms with Gasteiger partial charge in [-0.3, -0.25) is 24.8 Å². The van der Waals surface area contributed by atoms with Gasteiger partial charge in [0.2, 0.25) is 11.7 Å². The van der Waals surface area contributed by atoms with Crippen molar-refractivity contribution in [2.24, 2.45) is 5.73 Å². The number of ketones is 1. The van der Waals surface area contributed by atoms with E-state index < -0.39 is 42.0 Å². The van der Waals surface area contributed by atoms with Gasteiger partial charge in [-0.1, -0.05) is 32.0 Å². The van der Waals surface area contributed by atoms with E-state index in [2.05, 4.69) is 10.3 Å². The molecule has 10 nitrogen and oxygen atoms in total. The molecule has 5 N–H and O–H groups in total. The van der Waals surface area contributed by atoms with Crippen molar-refractivity contribution >= 4 is 34.7 Å². The maximum Gasteiger partial charge on any atom is 0.233 e. The number of anilines is 1. The number of aliphatic hydroxyl groups excluding tert-OH is 2. The number of carbonyl (C=O) groups is 2. The minimum absolute atomic E-state index is 0.0968. The molecule has 1 amide bonds. The molecule has 3 rings (SSSR count). The molecule has 5 atom stereocenters. The summed E-state index contributed by atoms with van der Waals surface area (Å²) in [4.78, 5) is 30.0. The summed E-state index contributed by atoms with van der Waals surface area (Å²) in [6.07, 6.45) is -0.241. The lowest BCUT2D eigenvalue weighted by atomic mass is 10.1. The van der Waals surface area contributed by atoms with Gasteiger partial charge in [0, 0.05) is 13.8 Å². The van der Waals surface area contributed by atoms with Gasteiger partial charge in [-0.2, -0.15) is 0 Å². The van der Waals surface area contributed by atoms with Crippen LogP contribution in [-0.2, 0) is 14.3 Å². The number of imidazole rings is 1. The zero-order valence-electron chi connectivity index (χ0n) is 16.0. The summed E-state index contributed by atoms with van der Waals surface area (Å²) < 4.78 is 7.28. The Morgan fingerprint density at radius 1 is 1.39 bits per heavy atom. The van der Waals surface area contributed by atoms with Crippen molar-refractivity contribution in [1.29, 1.82) is 0 Å². The molecule has 2 aliphatic heterocycles. The molecule has 0 radical (unpaired) electrons. The number of fused-ring (bicyclic) bond motifs is 1. The monoisotopic (exact) mass is 411 g/mol. The SMILES string of the molecule is CCCC[C@H]1O[C@@H](n2cnc3c2N(C(C)=O)C(N)(C(C)=O)NC3=S)C(O)C1O. The van der Waals surface area contributed by atoms with Crippen LogP contribution in [0.3, 0.4) is 0 Å². The molecular weight excluding hydrogens is 386 g/mol. The van der Waals surface area contributed by atoms with Gasteiger partial charge in [-0.15, -0.1) is 0 Å². The van der Waals surface area contributed by atoms with Gasteiger partial charge in [0.05, 0.1) is 12.4 Å². The largest absolute Gasteiger partial charge is 0.388 e. The quantitative estimate of drug-likeness (QED) is 0.473. The molecule has 0 spiro atoms. The number of ether oxygens (including phenoxy) is 1. The summed E-state index contributed by atoms with van der Waals surface area (Å²) in [6, 6.07) is 0. The number of amides is 1. The second kappa shape index (κ2) is 7.48. The molecule has 154 valence electrons. The third-order valence-electron chi connectivity index (χ3n) is 5.16. The number of nitrogens with zero attached hydrogens (tertiary/aromatic N) is 3. The molecule has 28 heavy (non-hydrogen) atoms. The maximum atomic E-state index is 12.4. The molecule has 1 aromatic heterocycles. The number of unbranched alkanes of at least 4 members (excludes halogenated alkanes) is 1. The first-order chi connectivity index (χ1) is 13.1. The fraction of sp³-hybridized carbons (Fsp3) is 0.647. The van der Waals surface area contributed by atoms with Crippen molar-refractivity contribution in [3.05, 3.63) is 12.0 Å². The molecular formula is C17H25N5O5S. The molecule has 2 aliphatic rings. The molecule has 0 aliphatic carbocycles. The minimum Gasteiger partial charge on any atom is -0.388 e. The van der Waals surface area contributed by atoms with E-state index in [1.807, 2.05) is 6.92 Å². The first-order valence-corrected chi connectivity index (χ1v) is 9.56. The van der Waals surface area contributed by atoms with Gasteiger partial charge >= 0.3 is 0 Å². The number of carbonyl (C=O) groups excluding carboxylic acids is 2. The number of nitrogens with two attached hydrogens (primary N) is 1. The van der Waals surface area contributed by atoms with Gasteiger partial charge < -0.3 is 20.3 Å².